The highest BCUT2D eigenvalue weighted by atomic mass is 35.5. The van der Waals surface area contributed by atoms with Crippen LogP contribution in [0.1, 0.15) is 27.2 Å². The van der Waals surface area contributed by atoms with Crippen molar-refractivity contribution in [2.45, 2.75) is 39.3 Å². The second-order valence-corrected chi connectivity index (χ2v) is 6.69. The van der Waals surface area contributed by atoms with Gasteiger partial charge in [0.05, 0.1) is 15.1 Å². The molecule has 1 aromatic carbocycles. The minimum atomic E-state index is 0.0749. The summed E-state index contributed by atoms with van der Waals surface area (Å²) in [6.45, 7) is 7.47. The van der Waals surface area contributed by atoms with Crippen molar-refractivity contribution < 1.29 is 4.74 Å². The van der Waals surface area contributed by atoms with Crippen LogP contribution in [0.4, 0.5) is 0 Å². The van der Waals surface area contributed by atoms with E-state index in [1.807, 2.05) is 0 Å². The molecule has 0 heterocycles. The Morgan fingerprint density at radius 2 is 1.84 bits per heavy atom. The van der Waals surface area contributed by atoms with Gasteiger partial charge >= 0.3 is 0 Å². The molecule has 2 atom stereocenters. The number of hydrogen-bond acceptors (Lipinski definition) is 2. The standard InChI is InChI=1S/C14H18Cl3NO/c1-4-18-12-7-13(14(12,2)3)19-11-6-9(16)8(15)5-10(11)17/h5-6,12-13,18H,4,7H2,1-3H3. The van der Waals surface area contributed by atoms with Gasteiger partial charge in [-0.15, -0.1) is 0 Å². The van der Waals surface area contributed by atoms with Gasteiger partial charge in [-0.3, -0.25) is 0 Å². The Kier molecular flexibility index (Phi) is 4.56. The predicted molar refractivity (Wildman–Crippen MR) is 81.8 cm³/mol. The molecule has 106 valence electrons. The molecule has 1 N–H and O–H groups in total. The summed E-state index contributed by atoms with van der Waals surface area (Å²) in [4.78, 5) is 0. The van der Waals surface area contributed by atoms with Crippen LogP contribution in [0.5, 0.6) is 5.75 Å². The quantitative estimate of drug-likeness (QED) is 0.804. The SMILES string of the molecule is CCNC1CC(Oc2cc(Cl)c(Cl)cc2Cl)C1(C)C. The van der Waals surface area contributed by atoms with Crippen molar-refractivity contribution in [2.75, 3.05) is 6.54 Å². The number of hydrogen-bond donors (Lipinski definition) is 1. The zero-order chi connectivity index (χ0) is 14.2. The molecule has 5 heteroatoms. The first-order chi connectivity index (χ1) is 8.86. The third-order valence-corrected chi connectivity index (χ3v) is 4.89. The van der Waals surface area contributed by atoms with Crippen LogP contribution in [-0.2, 0) is 0 Å². The van der Waals surface area contributed by atoms with Crippen molar-refractivity contribution in [3.05, 3.63) is 27.2 Å². The first-order valence-corrected chi connectivity index (χ1v) is 7.54. The van der Waals surface area contributed by atoms with Crippen LogP contribution in [0.2, 0.25) is 15.1 Å². The maximum Gasteiger partial charge on any atom is 0.139 e. The van der Waals surface area contributed by atoms with Crippen molar-refractivity contribution in [3.63, 3.8) is 0 Å². The Hall–Kier alpha value is -0.150. The van der Waals surface area contributed by atoms with E-state index in [9.17, 15) is 0 Å². The lowest BCUT2D eigenvalue weighted by Gasteiger charge is -2.51. The molecule has 0 bridgehead atoms. The average Bonchev–Trinajstić information content (AvgIpc) is 2.34. The van der Waals surface area contributed by atoms with Crippen molar-refractivity contribution in [2.24, 2.45) is 5.41 Å². The van der Waals surface area contributed by atoms with Gasteiger partial charge in [0.1, 0.15) is 11.9 Å². The molecule has 0 spiro atoms. The third kappa shape index (κ3) is 2.97. The van der Waals surface area contributed by atoms with Crippen LogP contribution >= 0.6 is 34.8 Å². The molecule has 2 rings (SSSR count). The van der Waals surface area contributed by atoms with E-state index in [4.69, 9.17) is 39.5 Å². The van der Waals surface area contributed by atoms with Gasteiger partial charge in [0.15, 0.2) is 0 Å². The minimum absolute atomic E-state index is 0.0749. The van der Waals surface area contributed by atoms with E-state index in [1.165, 1.54) is 0 Å². The van der Waals surface area contributed by atoms with Gasteiger partial charge in [-0.2, -0.15) is 0 Å². The number of halogens is 3. The second kappa shape index (κ2) is 5.69. The lowest BCUT2D eigenvalue weighted by Crippen LogP contribution is -2.62. The second-order valence-electron chi connectivity index (χ2n) is 5.47. The highest BCUT2D eigenvalue weighted by molar-refractivity contribution is 6.43. The van der Waals surface area contributed by atoms with Crippen molar-refractivity contribution in [3.8, 4) is 5.75 Å². The molecule has 2 unspecified atom stereocenters. The summed E-state index contributed by atoms with van der Waals surface area (Å²) < 4.78 is 5.99. The summed E-state index contributed by atoms with van der Waals surface area (Å²) in [5, 5.41) is 4.86. The zero-order valence-corrected chi connectivity index (χ0v) is 13.5. The van der Waals surface area contributed by atoms with Gasteiger partial charge in [0.2, 0.25) is 0 Å². The minimum Gasteiger partial charge on any atom is -0.488 e. The van der Waals surface area contributed by atoms with Crippen LogP contribution < -0.4 is 10.1 Å². The topological polar surface area (TPSA) is 21.3 Å². The molecule has 0 aromatic heterocycles. The van der Waals surface area contributed by atoms with E-state index in [-0.39, 0.29) is 11.5 Å². The van der Waals surface area contributed by atoms with Gasteiger partial charge in [0, 0.05) is 23.9 Å². The smallest absolute Gasteiger partial charge is 0.139 e. The van der Waals surface area contributed by atoms with E-state index in [1.54, 1.807) is 12.1 Å². The van der Waals surface area contributed by atoms with E-state index in [0.717, 1.165) is 13.0 Å². The third-order valence-electron chi connectivity index (χ3n) is 3.87. The van der Waals surface area contributed by atoms with E-state index in [0.29, 0.717) is 26.9 Å². The molecule has 2 nitrogen and oxygen atoms in total. The van der Waals surface area contributed by atoms with E-state index < -0.39 is 0 Å². The lowest BCUT2D eigenvalue weighted by atomic mass is 9.64. The van der Waals surface area contributed by atoms with Crippen LogP contribution in [0.3, 0.4) is 0 Å². The molecule has 1 aliphatic carbocycles. The van der Waals surface area contributed by atoms with Gasteiger partial charge < -0.3 is 10.1 Å². The van der Waals surface area contributed by atoms with Crippen molar-refractivity contribution >= 4 is 34.8 Å². The number of nitrogens with one attached hydrogen (secondary N) is 1. The molecule has 0 saturated heterocycles. The normalized spacial score (nSPS) is 24.9. The molecular formula is C14H18Cl3NO. The average molecular weight is 323 g/mol. The van der Waals surface area contributed by atoms with Crippen LogP contribution in [-0.4, -0.2) is 18.7 Å². The Balaban J connectivity index is 2.09. The number of benzene rings is 1. The monoisotopic (exact) mass is 321 g/mol. The zero-order valence-electron chi connectivity index (χ0n) is 11.3. The molecular weight excluding hydrogens is 305 g/mol. The van der Waals surface area contributed by atoms with Crippen LogP contribution in [0.25, 0.3) is 0 Å². The highest BCUT2D eigenvalue weighted by Crippen LogP contribution is 2.45. The Bertz CT molecular complexity index is 476. The van der Waals surface area contributed by atoms with Gasteiger partial charge in [-0.05, 0) is 12.6 Å². The summed E-state index contributed by atoms with van der Waals surface area (Å²) in [6, 6.07) is 3.78. The molecule has 1 aromatic rings. The van der Waals surface area contributed by atoms with E-state index in [2.05, 4.69) is 26.1 Å². The van der Waals surface area contributed by atoms with E-state index >= 15 is 0 Å². The fourth-order valence-electron chi connectivity index (χ4n) is 2.43. The Morgan fingerprint density at radius 1 is 1.21 bits per heavy atom. The molecule has 1 saturated carbocycles. The fourth-order valence-corrected chi connectivity index (χ4v) is 3.01. The fraction of sp³-hybridized carbons (Fsp3) is 0.571. The molecule has 0 aliphatic heterocycles. The predicted octanol–water partition coefficient (Wildman–Crippen LogP) is 4.80. The first kappa shape index (κ1) is 15.2. The maximum atomic E-state index is 6.13. The van der Waals surface area contributed by atoms with Crippen molar-refractivity contribution in [1.29, 1.82) is 0 Å². The summed E-state index contributed by atoms with van der Waals surface area (Å²) in [6.07, 6.45) is 1.10. The summed E-state index contributed by atoms with van der Waals surface area (Å²) in [5.41, 5.74) is 0.0749. The molecule has 1 aliphatic rings. The van der Waals surface area contributed by atoms with Crippen molar-refractivity contribution in [1.82, 2.24) is 5.32 Å². The highest BCUT2D eigenvalue weighted by Gasteiger charge is 2.49. The largest absolute Gasteiger partial charge is 0.488 e. The van der Waals surface area contributed by atoms with Gasteiger partial charge in [0.25, 0.3) is 0 Å². The summed E-state index contributed by atoms with van der Waals surface area (Å²) in [7, 11) is 0. The molecule has 0 amide bonds. The number of rotatable bonds is 4. The summed E-state index contributed by atoms with van der Waals surface area (Å²) in [5.74, 6) is 0.601. The van der Waals surface area contributed by atoms with Gasteiger partial charge in [-0.25, -0.2) is 0 Å². The summed E-state index contributed by atoms with van der Waals surface area (Å²) >= 11 is 18.0. The van der Waals surface area contributed by atoms with Crippen LogP contribution in [0.15, 0.2) is 12.1 Å². The van der Waals surface area contributed by atoms with Crippen LogP contribution in [0, 0.1) is 5.41 Å². The lowest BCUT2D eigenvalue weighted by molar-refractivity contribution is -0.0540. The number of ether oxygens (including phenoxy) is 1. The Morgan fingerprint density at radius 3 is 2.42 bits per heavy atom. The Labute approximate surface area is 129 Å². The molecule has 0 radical (unpaired) electrons. The molecule has 1 fully saturated rings. The maximum absolute atomic E-state index is 6.13. The first-order valence-electron chi connectivity index (χ1n) is 6.40. The van der Waals surface area contributed by atoms with Gasteiger partial charge in [-0.1, -0.05) is 55.6 Å². The molecule has 19 heavy (non-hydrogen) atoms.